The highest BCUT2D eigenvalue weighted by atomic mass is 16.5. The molecule has 0 radical (unpaired) electrons. The number of aliphatic hydroxyl groups is 1. The zero-order valence-corrected chi connectivity index (χ0v) is 11.4. The van der Waals surface area contributed by atoms with E-state index >= 15 is 0 Å². The molecule has 1 saturated carbocycles. The molecule has 1 aromatic carbocycles. The Morgan fingerprint density at radius 3 is 2.61 bits per heavy atom. The SMILES string of the molecule is COc1ccc(OC)c(C2(O)CCCCC2C)c1. The molecule has 1 aliphatic carbocycles. The number of rotatable bonds is 3. The summed E-state index contributed by atoms with van der Waals surface area (Å²) in [6.07, 6.45) is 4.09. The van der Waals surface area contributed by atoms with Gasteiger partial charge in [0.1, 0.15) is 11.5 Å². The molecule has 3 nitrogen and oxygen atoms in total. The topological polar surface area (TPSA) is 38.7 Å². The smallest absolute Gasteiger partial charge is 0.125 e. The maximum atomic E-state index is 11.0. The first-order valence-corrected chi connectivity index (χ1v) is 6.56. The molecule has 1 fully saturated rings. The summed E-state index contributed by atoms with van der Waals surface area (Å²) >= 11 is 0. The molecule has 2 rings (SSSR count). The van der Waals surface area contributed by atoms with E-state index in [-0.39, 0.29) is 5.92 Å². The molecule has 2 unspecified atom stereocenters. The predicted molar refractivity (Wildman–Crippen MR) is 71.1 cm³/mol. The van der Waals surface area contributed by atoms with Crippen LogP contribution >= 0.6 is 0 Å². The van der Waals surface area contributed by atoms with Crippen molar-refractivity contribution in [3.8, 4) is 11.5 Å². The van der Waals surface area contributed by atoms with Crippen molar-refractivity contribution >= 4 is 0 Å². The summed E-state index contributed by atoms with van der Waals surface area (Å²) in [7, 11) is 3.28. The highest BCUT2D eigenvalue weighted by Gasteiger charge is 2.39. The van der Waals surface area contributed by atoms with Crippen LogP contribution in [0.15, 0.2) is 18.2 Å². The van der Waals surface area contributed by atoms with Gasteiger partial charge in [0, 0.05) is 5.56 Å². The summed E-state index contributed by atoms with van der Waals surface area (Å²) in [4.78, 5) is 0. The molecule has 1 aliphatic rings. The largest absolute Gasteiger partial charge is 0.497 e. The maximum Gasteiger partial charge on any atom is 0.125 e. The molecule has 0 amide bonds. The Morgan fingerprint density at radius 2 is 2.00 bits per heavy atom. The molecule has 0 aliphatic heterocycles. The Morgan fingerprint density at radius 1 is 1.22 bits per heavy atom. The fourth-order valence-electron chi connectivity index (χ4n) is 2.88. The number of hydrogen-bond acceptors (Lipinski definition) is 3. The summed E-state index contributed by atoms with van der Waals surface area (Å²) in [5, 5.41) is 11.0. The Hall–Kier alpha value is -1.22. The number of hydrogen-bond donors (Lipinski definition) is 1. The van der Waals surface area contributed by atoms with Gasteiger partial charge in [0.15, 0.2) is 0 Å². The molecule has 0 heterocycles. The van der Waals surface area contributed by atoms with Gasteiger partial charge in [0.25, 0.3) is 0 Å². The van der Waals surface area contributed by atoms with E-state index in [0.29, 0.717) is 0 Å². The van der Waals surface area contributed by atoms with Crippen LogP contribution in [0, 0.1) is 5.92 Å². The van der Waals surface area contributed by atoms with Crippen molar-refractivity contribution in [3.63, 3.8) is 0 Å². The van der Waals surface area contributed by atoms with Gasteiger partial charge in [-0.05, 0) is 37.0 Å². The molecular weight excluding hydrogens is 228 g/mol. The van der Waals surface area contributed by atoms with Crippen molar-refractivity contribution in [2.45, 2.75) is 38.2 Å². The molecule has 0 saturated heterocycles. The van der Waals surface area contributed by atoms with E-state index in [1.165, 1.54) is 6.42 Å². The van der Waals surface area contributed by atoms with E-state index in [9.17, 15) is 5.11 Å². The Balaban J connectivity index is 2.46. The molecule has 0 aromatic heterocycles. The third kappa shape index (κ3) is 2.19. The summed E-state index contributed by atoms with van der Waals surface area (Å²) in [6.45, 7) is 2.11. The zero-order valence-electron chi connectivity index (χ0n) is 11.4. The summed E-state index contributed by atoms with van der Waals surface area (Å²) in [6, 6.07) is 5.63. The van der Waals surface area contributed by atoms with Gasteiger partial charge < -0.3 is 14.6 Å². The van der Waals surface area contributed by atoms with Crippen molar-refractivity contribution in [1.29, 1.82) is 0 Å². The van der Waals surface area contributed by atoms with Gasteiger partial charge in [-0.1, -0.05) is 19.8 Å². The molecule has 18 heavy (non-hydrogen) atoms. The van der Waals surface area contributed by atoms with Crippen molar-refractivity contribution < 1.29 is 14.6 Å². The van der Waals surface area contributed by atoms with Crippen LogP contribution in [-0.2, 0) is 5.60 Å². The predicted octanol–water partition coefficient (Wildman–Crippen LogP) is 3.10. The van der Waals surface area contributed by atoms with Gasteiger partial charge in [-0.3, -0.25) is 0 Å². The van der Waals surface area contributed by atoms with E-state index in [2.05, 4.69) is 6.92 Å². The molecule has 3 heteroatoms. The van der Waals surface area contributed by atoms with E-state index in [1.54, 1.807) is 14.2 Å². The molecule has 0 spiro atoms. The van der Waals surface area contributed by atoms with Crippen LogP contribution in [-0.4, -0.2) is 19.3 Å². The first kappa shape index (κ1) is 13.2. The van der Waals surface area contributed by atoms with E-state index in [4.69, 9.17) is 9.47 Å². The quantitative estimate of drug-likeness (QED) is 0.896. The second kappa shape index (κ2) is 5.19. The van der Waals surface area contributed by atoms with Gasteiger partial charge in [0.2, 0.25) is 0 Å². The lowest BCUT2D eigenvalue weighted by atomic mass is 9.72. The minimum absolute atomic E-state index is 0.243. The fraction of sp³-hybridized carbons (Fsp3) is 0.600. The monoisotopic (exact) mass is 250 g/mol. The normalized spacial score (nSPS) is 27.9. The van der Waals surface area contributed by atoms with E-state index < -0.39 is 5.60 Å². The van der Waals surface area contributed by atoms with E-state index in [0.717, 1.165) is 36.3 Å². The minimum Gasteiger partial charge on any atom is -0.497 e. The average Bonchev–Trinajstić information content (AvgIpc) is 2.41. The third-order valence-corrected chi connectivity index (χ3v) is 4.13. The molecule has 100 valence electrons. The number of methoxy groups -OCH3 is 2. The van der Waals surface area contributed by atoms with Gasteiger partial charge in [-0.25, -0.2) is 0 Å². The van der Waals surface area contributed by atoms with Crippen LogP contribution in [0.25, 0.3) is 0 Å². The van der Waals surface area contributed by atoms with E-state index in [1.807, 2.05) is 18.2 Å². The second-order valence-corrected chi connectivity index (χ2v) is 5.14. The third-order valence-electron chi connectivity index (χ3n) is 4.13. The van der Waals surface area contributed by atoms with Crippen LogP contribution in [0.5, 0.6) is 11.5 Å². The summed E-state index contributed by atoms with van der Waals surface area (Å²) < 4.78 is 10.7. The Bertz CT molecular complexity index is 416. The lowest BCUT2D eigenvalue weighted by Crippen LogP contribution is -2.36. The van der Waals surface area contributed by atoms with Gasteiger partial charge >= 0.3 is 0 Å². The molecular formula is C15H22O3. The lowest BCUT2D eigenvalue weighted by molar-refractivity contribution is -0.0486. The standard InChI is InChI=1S/C15H22O3/c1-11-6-4-5-9-15(11,16)13-10-12(17-2)7-8-14(13)18-3/h7-8,10-11,16H,4-6,9H2,1-3H3. The highest BCUT2D eigenvalue weighted by molar-refractivity contribution is 5.44. The average molecular weight is 250 g/mol. The first-order valence-electron chi connectivity index (χ1n) is 6.56. The lowest BCUT2D eigenvalue weighted by Gasteiger charge is -2.39. The fourth-order valence-corrected chi connectivity index (χ4v) is 2.88. The van der Waals surface area contributed by atoms with Crippen molar-refractivity contribution in [3.05, 3.63) is 23.8 Å². The van der Waals surface area contributed by atoms with Gasteiger partial charge in [-0.15, -0.1) is 0 Å². The highest BCUT2D eigenvalue weighted by Crippen LogP contribution is 2.45. The minimum atomic E-state index is -0.794. The van der Waals surface area contributed by atoms with Crippen LogP contribution < -0.4 is 9.47 Å². The number of benzene rings is 1. The molecule has 1 N–H and O–H groups in total. The second-order valence-electron chi connectivity index (χ2n) is 5.14. The van der Waals surface area contributed by atoms with Crippen molar-refractivity contribution in [2.24, 2.45) is 5.92 Å². The summed E-state index contributed by atoms with van der Waals surface area (Å²) in [5.41, 5.74) is 0.0644. The molecule has 2 atom stereocenters. The summed E-state index contributed by atoms with van der Waals surface area (Å²) in [5.74, 6) is 1.75. The van der Waals surface area contributed by atoms with Crippen molar-refractivity contribution in [2.75, 3.05) is 14.2 Å². The van der Waals surface area contributed by atoms with Gasteiger partial charge in [-0.2, -0.15) is 0 Å². The van der Waals surface area contributed by atoms with Crippen LogP contribution in [0.1, 0.15) is 38.2 Å². The first-order chi connectivity index (χ1) is 8.61. The van der Waals surface area contributed by atoms with Gasteiger partial charge in [0.05, 0.1) is 19.8 Å². The Labute approximate surface area is 109 Å². The van der Waals surface area contributed by atoms with Crippen LogP contribution in [0.3, 0.4) is 0 Å². The van der Waals surface area contributed by atoms with Crippen LogP contribution in [0.4, 0.5) is 0 Å². The number of ether oxygens (including phenoxy) is 2. The molecule has 0 bridgehead atoms. The zero-order chi connectivity index (χ0) is 13.2. The van der Waals surface area contributed by atoms with Crippen molar-refractivity contribution in [1.82, 2.24) is 0 Å². The maximum absolute atomic E-state index is 11.0. The Kier molecular flexibility index (Phi) is 3.81. The van der Waals surface area contributed by atoms with Crippen LogP contribution in [0.2, 0.25) is 0 Å². The molecule has 1 aromatic rings.